The molecule has 0 N–H and O–H groups in total. The lowest BCUT2D eigenvalue weighted by atomic mass is 10.0. The molecule has 296 valence electrons. The van der Waals surface area contributed by atoms with Gasteiger partial charge in [-0.05, 0) is 65.9 Å². The van der Waals surface area contributed by atoms with Gasteiger partial charge in [-0.1, -0.05) is 146 Å². The first kappa shape index (κ1) is 35.7. The van der Waals surface area contributed by atoms with Crippen LogP contribution in [0.2, 0.25) is 0 Å². The van der Waals surface area contributed by atoms with Crippen LogP contribution in [-0.2, 0) is 0 Å². The molecule has 1 aliphatic carbocycles. The first-order valence-electron chi connectivity index (χ1n) is 21.1. The van der Waals surface area contributed by atoms with Crippen molar-refractivity contribution in [3.8, 4) is 51.2 Å². The summed E-state index contributed by atoms with van der Waals surface area (Å²) in [6, 6.07) is 56.9. The first-order chi connectivity index (χ1) is 31.2. The Morgan fingerprint density at radius 1 is 0.492 bits per heavy atom. The van der Waals surface area contributed by atoms with Gasteiger partial charge in [-0.15, -0.1) is 11.3 Å². The molecule has 0 aliphatic heterocycles. The van der Waals surface area contributed by atoms with Crippen molar-refractivity contribution in [3.05, 3.63) is 188 Å². The Bertz CT molecular complexity index is 3860. The molecule has 5 heterocycles. The number of hydrogen-bond acceptors (Lipinski definition) is 7. The topological polar surface area (TPSA) is 82.5 Å². The zero-order valence-electron chi connectivity index (χ0n) is 33.7. The normalized spacial score (nSPS) is 13.0. The van der Waals surface area contributed by atoms with Crippen LogP contribution in [0.15, 0.2) is 186 Å². The molecule has 0 saturated carbocycles. The molecule has 7 aromatic carbocycles. The predicted molar refractivity (Wildman–Crippen MR) is 258 cm³/mol. The Hall–Kier alpha value is -8.07. The molecule has 12 aromatic rings. The van der Waals surface area contributed by atoms with Crippen LogP contribution in [0.25, 0.3) is 121 Å². The fourth-order valence-electron chi connectivity index (χ4n) is 9.12. The number of fused-ring (bicyclic) bond motifs is 9. The average Bonchev–Trinajstić information content (AvgIpc) is 4.03. The minimum absolute atomic E-state index is 0.562. The van der Waals surface area contributed by atoms with E-state index in [0.29, 0.717) is 23.4 Å². The molecule has 0 bridgehead atoms. The van der Waals surface area contributed by atoms with E-state index in [4.69, 9.17) is 29.3 Å². The van der Waals surface area contributed by atoms with E-state index in [1.54, 1.807) is 11.3 Å². The first-order valence-corrected chi connectivity index (χ1v) is 22.0. The van der Waals surface area contributed by atoms with E-state index >= 15 is 0 Å². The lowest BCUT2D eigenvalue weighted by Crippen LogP contribution is -2.06. The van der Waals surface area contributed by atoms with Gasteiger partial charge in [0, 0.05) is 53.0 Å². The van der Waals surface area contributed by atoms with Crippen LogP contribution in [0.1, 0.15) is 18.5 Å². The third kappa shape index (κ3) is 5.83. The number of nitrogens with zero attached hydrogens (tertiary/aromatic N) is 6. The molecule has 0 spiro atoms. The van der Waals surface area contributed by atoms with Gasteiger partial charge in [-0.25, -0.2) is 15.0 Å². The number of benzene rings is 7. The SMILES string of the molecule is C1=CC(c2nc(-c3cccc4c3sc3cc(-c5nc(-c6ccccc6)nc(-n6c7ccccc7c7ccc(-c8ccccc8)cc76)n5)ccc34)nc3c2oc2ccccc23)=CCC1. The molecule has 7 nitrogen and oxygen atoms in total. The van der Waals surface area contributed by atoms with Crippen molar-refractivity contribution in [2.24, 2.45) is 0 Å². The second-order valence-electron chi connectivity index (χ2n) is 15.9. The maximum absolute atomic E-state index is 6.44. The average molecular weight is 827 g/mol. The summed E-state index contributed by atoms with van der Waals surface area (Å²) < 4.78 is 10.9. The highest BCUT2D eigenvalue weighted by Gasteiger charge is 2.22. The van der Waals surface area contributed by atoms with E-state index in [-0.39, 0.29) is 0 Å². The zero-order chi connectivity index (χ0) is 41.4. The van der Waals surface area contributed by atoms with Crippen molar-refractivity contribution in [1.82, 2.24) is 29.5 Å². The molecule has 0 fully saturated rings. The Labute approximate surface area is 365 Å². The molecule has 5 aromatic heterocycles. The number of allylic oxidation sites excluding steroid dienone is 4. The highest BCUT2D eigenvalue weighted by atomic mass is 32.1. The van der Waals surface area contributed by atoms with Crippen LogP contribution >= 0.6 is 11.3 Å². The minimum Gasteiger partial charge on any atom is -0.452 e. The Morgan fingerprint density at radius 3 is 2.05 bits per heavy atom. The molecule has 0 unspecified atom stereocenters. The molecule has 0 amide bonds. The Balaban J connectivity index is 0.997. The number of aromatic nitrogens is 6. The molecule has 13 rings (SSSR count). The Morgan fingerprint density at radius 2 is 1.21 bits per heavy atom. The Kier molecular flexibility index (Phi) is 8.07. The van der Waals surface area contributed by atoms with Gasteiger partial charge >= 0.3 is 0 Å². The summed E-state index contributed by atoms with van der Waals surface area (Å²) in [6.07, 6.45) is 8.59. The van der Waals surface area contributed by atoms with Crippen molar-refractivity contribution in [2.45, 2.75) is 12.8 Å². The zero-order valence-corrected chi connectivity index (χ0v) is 34.6. The molecular formula is C55H34N6OS. The summed E-state index contributed by atoms with van der Waals surface area (Å²) >= 11 is 1.74. The van der Waals surface area contributed by atoms with Crippen LogP contribution < -0.4 is 0 Å². The van der Waals surface area contributed by atoms with E-state index in [1.165, 1.54) is 0 Å². The molecule has 63 heavy (non-hydrogen) atoms. The van der Waals surface area contributed by atoms with Gasteiger partial charge in [0.2, 0.25) is 5.95 Å². The summed E-state index contributed by atoms with van der Waals surface area (Å²) in [5, 5.41) is 5.57. The fraction of sp³-hybridized carbons (Fsp3) is 0.0364. The van der Waals surface area contributed by atoms with E-state index in [9.17, 15) is 0 Å². The van der Waals surface area contributed by atoms with Gasteiger partial charge < -0.3 is 4.42 Å². The van der Waals surface area contributed by atoms with Crippen molar-refractivity contribution < 1.29 is 4.42 Å². The molecule has 0 atom stereocenters. The molecular weight excluding hydrogens is 793 g/mol. The van der Waals surface area contributed by atoms with E-state index in [0.717, 1.165) is 116 Å². The van der Waals surface area contributed by atoms with Crippen LogP contribution in [0.3, 0.4) is 0 Å². The second-order valence-corrected chi connectivity index (χ2v) is 17.0. The monoisotopic (exact) mass is 826 g/mol. The maximum Gasteiger partial charge on any atom is 0.238 e. The lowest BCUT2D eigenvalue weighted by molar-refractivity contribution is 0.664. The van der Waals surface area contributed by atoms with E-state index in [2.05, 4.69) is 144 Å². The van der Waals surface area contributed by atoms with Gasteiger partial charge in [0.1, 0.15) is 16.8 Å². The van der Waals surface area contributed by atoms with Crippen LogP contribution in [0, 0.1) is 0 Å². The van der Waals surface area contributed by atoms with Crippen molar-refractivity contribution in [2.75, 3.05) is 0 Å². The van der Waals surface area contributed by atoms with Crippen molar-refractivity contribution in [1.29, 1.82) is 0 Å². The quantitative estimate of drug-likeness (QED) is 0.166. The standard InChI is InChI=1S/C55H34N6OS/c1-4-15-33(16-5-1)36-27-29-39-38-21-10-12-25-44(38)61(45(39)31-36)55-59-52(35-19-8-3-9-20-35)58-53(60-55)37-28-30-40-41-23-14-24-43(51(41)63-47(40)32-37)54-56-48(34-17-6-2-7-18-34)50-49(57-54)42-22-11-13-26-46(42)62-50/h1,3-6,8-32H,2,7H2. The third-order valence-electron chi connectivity index (χ3n) is 12.1. The summed E-state index contributed by atoms with van der Waals surface area (Å²) in [4.78, 5) is 26.2. The van der Waals surface area contributed by atoms with Crippen molar-refractivity contribution >= 4 is 81.0 Å². The molecule has 0 radical (unpaired) electrons. The van der Waals surface area contributed by atoms with E-state index in [1.807, 2.05) is 42.5 Å². The van der Waals surface area contributed by atoms with Crippen LogP contribution in [-0.4, -0.2) is 29.5 Å². The molecule has 8 heteroatoms. The number of hydrogen-bond donors (Lipinski definition) is 0. The van der Waals surface area contributed by atoms with Gasteiger partial charge in [0.05, 0.1) is 11.0 Å². The number of para-hydroxylation sites is 2. The minimum atomic E-state index is 0.562. The second kappa shape index (κ2) is 14.3. The predicted octanol–water partition coefficient (Wildman–Crippen LogP) is 14.4. The largest absolute Gasteiger partial charge is 0.452 e. The highest BCUT2D eigenvalue weighted by molar-refractivity contribution is 7.26. The third-order valence-corrected chi connectivity index (χ3v) is 13.3. The smallest absolute Gasteiger partial charge is 0.238 e. The van der Waals surface area contributed by atoms with E-state index < -0.39 is 0 Å². The van der Waals surface area contributed by atoms with Gasteiger partial charge in [0.25, 0.3) is 0 Å². The fourth-order valence-corrected chi connectivity index (χ4v) is 10.4. The maximum atomic E-state index is 6.44. The number of furan rings is 1. The number of rotatable bonds is 6. The van der Waals surface area contributed by atoms with Gasteiger partial charge in [0.15, 0.2) is 23.1 Å². The summed E-state index contributed by atoms with van der Waals surface area (Å²) in [6.45, 7) is 0. The van der Waals surface area contributed by atoms with Gasteiger partial charge in [-0.3, -0.25) is 4.57 Å². The van der Waals surface area contributed by atoms with Crippen LogP contribution in [0.5, 0.6) is 0 Å². The van der Waals surface area contributed by atoms with Crippen molar-refractivity contribution in [3.63, 3.8) is 0 Å². The summed E-state index contributed by atoms with van der Waals surface area (Å²) in [5.41, 5.74) is 11.4. The molecule has 1 aliphatic rings. The summed E-state index contributed by atoms with van der Waals surface area (Å²) in [5.74, 6) is 2.45. The highest BCUT2D eigenvalue weighted by Crippen LogP contribution is 2.43. The lowest BCUT2D eigenvalue weighted by Gasteiger charge is -2.11. The van der Waals surface area contributed by atoms with Gasteiger partial charge in [-0.2, -0.15) is 9.97 Å². The van der Waals surface area contributed by atoms with Crippen LogP contribution in [0.4, 0.5) is 0 Å². The number of thiophene rings is 1. The molecule has 0 saturated heterocycles. The summed E-state index contributed by atoms with van der Waals surface area (Å²) in [7, 11) is 0.